The molecule has 1 aliphatic heterocycles. The van der Waals surface area contributed by atoms with Gasteiger partial charge < -0.3 is 5.32 Å². The zero-order valence-corrected chi connectivity index (χ0v) is 18.5. The van der Waals surface area contributed by atoms with Gasteiger partial charge in [0, 0.05) is 18.2 Å². The minimum absolute atomic E-state index is 0.0965. The van der Waals surface area contributed by atoms with E-state index in [1.165, 1.54) is 10.2 Å². The largest absolute Gasteiger partial charge is 0.353 e. The van der Waals surface area contributed by atoms with Crippen LogP contribution in [-0.4, -0.2) is 55.9 Å². The van der Waals surface area contributed by atoms with E-state index in [0.29, 0.717) is 29.6 Å². The standard InChI is InChI=1S/C23H30N6O2/c1-4-17-8-10-18(11-9-17)20-13-21-23(31)28(25-16(3)29(21)26-20)15-22(30)24-14-19-7-6-12-27(19)5-2/h8-11,13,19H,4-7,12,14-15H2,1-3H3,(H,24,30)/t19-/m1/s1. The summed E-state index contributed by atoms with van der Waals surface area (Å²) in [5.41, 5.74) is 3.01. The van der Waals surface area contributed by atoms with E-state index in [9.17, 15) is 9.59 Å². The molecule has 0 aliphatic carbocycles. The average molecular weight is 423 g/mol. The Labute approximate surface area is 181 Å². The summed E-state index contributed by atoms with van der Waals surface area (Å²) in [7, 11) is 0. The molecule has 2 aromatic heterocycles. The van der Waals surface area contributed by atoms with Gasteiger partial charge in [0.1, 0.15) is 17.9 Å². The van der Waals surface area contributed by atoms with E-state index < -0.39 is 0 Å². The van der Waals surface area contributed by atoms with Crippen LogP contribution in [0.5, 0.6) is 0 Å². The van der Waals surface area contributed by atoms with E-state index in [2.05, 4.69) is 46.4 Å². The van der Waals surface area contributed by atoms with Gasteiger partial charge in [-0.2, -0.15) is 10.2 Å². The van der Waals surface area contributed by atoms with Gasteiger partial charge in [-0.3, -0.25) is 14.5 Å². The molecule has 0 saturated carbocycles. The van der Waals surface area contributed by atoms with E-state index in [1.807, 2.05) is 12.1 Å². The fourth-order valence-electron chi connectivity index (χ4n) is 4.30. The first-order chi connectivity index (χ1) is 15.0. The minimum Gasteiger partial charge on any atom is -0.353 e. The molecule has 8 nitrogen and oxygen atoms in total. The third-order valence-electron chi connectivity index (χ3n) is 6.13. The number of rotatable bonds is 7. The molecule has 1 N–H and O–H groups in total. The molecule has 0 bridgehead atoms. The summed E-state index contributed by atoms with van der Waals surface area (Å²) in [4.78, 5) is 27.8. The van der Waals surface area contributed by atoms with Crippen molar-refractivity contribution in [2.75, 3.05) is 19.6 Å². The second kappa shape index (κ2) is 9.01. The molecular formula is C23H30N6O2. The number of hydrogen-bond acceptors (Lipinski definition) is 5. The Morgan fingerprint density at radius 2 is 1.97 bits per heavy atom. The predicted octanol–water partition coefficient (Wildman–Crippen LogP) is 2.03. The summed E-state index contributed by atoms with van der Waals surface area (Å²) in [6, 6.07) is 10.3. The summed E-state index contributed by atoms with van der Waals surface area (Å²) in [5.74, 6) is 0.364. The SMILES string of the molecule is CCc1ccc(-c2cc3c(=O)n(CC(=O)NC[C@H]4CCCN4CC)nc(C)n3n2)cc1. The number of hydrogen-bond donors (Lipinski definition) is 1. The molecule has 1 fully saturated rings. The van der Waals surface area contributed by atoms with Crippen molar-refractivity contribution in [3.8, 4) is 11.3 Å². The number of aryl methyl sites for hydroxylation is 2. The molecule has 0 unspecified atom stereocenters. The lowest BCUT2D eigenvalue weighted by molar-refractivity contribution is -0.122. The highest BCUT2D eigenvalue weighted by atomic mass is 16.2. The maximum atomic E-state index is 13.0. The van der Waals surface area contributed by atoms with Gasteiger partial charge in [-0.05, 0) is 50.9 Å². The Hall–Kier alpha value is -3.00. The number of nitrogens with zero attached hydrogens (tertiary/aromatic N) is 5. The normalized spacial score (nSPS) is 16.8. The van der Waals surface area contributed by atoms with E-state index in [0.717, 1.165) is 37.9 Å². The smallest absolute Gasteiger partial charge is 0.293 e. The number of likely N-dealkylation sites (tertiary alicyclic amines) is 1. The second-order valence-corrected chi connectivity index (χ2v) is 8.12. The Morgan fingerprint density at radius 1 is 1.19 bits per heavy atom. The molecule has 0 radical (unpaired) electrons. The summed E-state index contributed by atoms with van der Waals surface area (Å²) >= 11 is 0. The van der Waals surface area contributed by atoms with Gasteiger partial charge in [-0.25, -0.2) is 9.20 Å². The summed E-state index contributed by atoms with van der Waals surface area (Å²) in [6.07, 6.45) is 3.23. The molecular weight excluding hydrogens is 392 g/mol. The Kier molecular flexibility index (Phi) is 6.18. The average Bonchev–Trinajstić information content (AvgIpc) is 3.43. The topological polar surface area (TPSA) is 84.5 Å². The maximum absolute atomic E-state index is 13.0. The van der Waals surface area contributed by atoms with Crippen molar-refractivity contribution < 1.29 is 4.79 Å². The number of amides is 1. The van der Waals surface area contributed by atoms with Crippen LogP contribution in [0.2, 0.25) is 0 Å². The van der Waals surface area contributed by atoms with Crippen molar-refractivity contribution in [1.82, 2.24) is 29.6 Å². The Balaban J connectivity index is 1.52. The van der Waals surface area contributed by atoms with Gasteiger partial charge in [-0.1, -0.05) is 38.1 Å². The first kappa shape index (κ1) is 21.2. The number of carbonyl (C=O) groups excluding carboxylic acids is 1. The van der Waals surface area contributed by atoms with Crippen LogP contribution in [0.1, 0.15) is 38.1 Å². The molecule has 1 atom stereocenters. The lowest BCUT2D eigenvalue weighted by Gasteiger charge is -2.22. The van der Waals surface area contributed by atoms with Gasteiger partial charge in [0.15, 0.2) is 0 Å². The lowest BCUT2D eigenvalue weighted by atomic mass is 10.1. The third-order valence-corrected chi connectivity index (χ3v) is 6.13. The van der Waals surface area contributed by atoms with Crippen molar-refractivity contribution in [3.05, 3.63) is 52.1 Å². The van der Waals surface area contributed by atoms with Gasteiger partial charge in [0.05, 0.1) is 5.69 Å². The number of benzene rings is 1. The Morgan fingerprint density at radius 3 is 2.68 bits per heavy atom. The highest BCUT2D eigenvalue weighted by Crippen LogP contribution is 2.20. The highest BCUT2D eigenvalue weighted by Gasteiger charge is 2.23. The molecule has 3 aromatic rings. The Bertz CT molecular complexity index is 1130. The molecule has 4 rings (SSSR count). The van der Waals surface area contributed by atoms with Crippen LogP contribution >= 0.6 is 0 Å². The molecule has 164 valence electrons. The summed E-state index contributed by atoms with van der Waals surface area (Å²) < 4.78 is 2.79. The van der Waals surface area contributed by atoms with Crippen molar-refractivity contribution in [1.29, 1.82) is 0 Å². The molecule has 1 saturated heterocycles. The number of aromatic nitrogens is 4. The predicted molar refractivity (Wildman–Crippen MR) is 120 cm³/mol. The molecule has 0 spiro atoms. The third kappa shape index (κ3) is 4.39. The van der Waals surface area contributed by atoms with Gasteiger partial charge >= 0.3 is 0 Å². The number of likely N-dealkylation sites (N-methyl/N-ethyl adjacent to an activating group) is 1. The zero-order valence-electron chi connectivity index (χ0n) is 18.5. The zero-order chi connectivity index (χ0) is 22.0. The van der Waals surface area contributed by atoms with Gasteiger partial charge in [0.25, 0.3) is 5.56 Å². The number of carbonyl (C=O) groups is 1. The van der Waals surface area contributed by atoms with Crippen molar-refractivity contribution >= 4 is 11.4 Å². The number of nitrogens with one attached hydrogen (secondary N) is 1. The molecule has 31 heavy (non-hydrogen) atoms. The van der Waals surface area contributed by atoms with Crippen molar-refractivity contribution in [2.45, 2.75) is 52.6 Å². The quantitative estimate of drug-likeness (QED) is 0.630. The molecule has 1 aliphatic rings. The van der Waals surface area contributed by atoms with Crippen LogP contribution < -0.4 is 10.9 Å². The van der Waals surface area contributed by atoms with E-state index in [-0.39, 0.29) is 18.0 Å². The van der Waals surface area contributed by atoms with Crippen molar-refractivity contribution in [2.24, 2.45) is 0 Å². The lowest BCUT2D eigenvalue weighted by Crippen LogP contribution is -2.42. The van der Waals surface area contributed by atoms with Gasteiger partial charge in [0.2, 0.25) is 5.91 Å². The fraction of sp³-hybridized carbons (Fsp3) is 0.478. The highest BCUT2D eigenvalue weighted by molar-refractivity contribution is 5.75. The molecule has 1 amide bonds. The van der Waals surface area contributed by atoms with Crippen LogP contribution in [0.15, 0.2) is 35.1 Å². The molecule has 3 heterocycles. The first-order valence-electron chi connectivity index (χ1n) is 11.1. The minimum atomic E-state index is -0.319. The fourth-order valence-corrected chi connectivity index (χ4v) is 4.30. The molecule has 1 aromatic carbocycles. The van der Waals surface area contributed by atoms with Crippen LogP contribution in [0.3, 0.4) is 0 Å². The van der Waals surface area contributed by atoms with Crippen LogP contribution in [0.4, 0.5) is 0 Å². The van der Waals surface area contributed by atoms with Crippen LogP contribution in [0.25, 0.3) is 16.8 Å². The van der Waals surface area contributed by atoms with Gasteiger partial charge in [-0.15, -0.1) is 0 Å². The van der Waals surface area contributed by atoms with Crippen LogP contribution in [0, 0.1) is 6.92 Å². The van der Waals surface area contributed by atoms with Crippen molar-refractivity contribution in [3.63, 3.8) is 0 Å². The summed E-state index contributed by atoms with van der Waals surface area (Å²) in [5, 5.41) is 11.9. The van der Waals surface area contributed by atoms with Crippen LogP contribution in [-0.2, 0) is 17.8 Å². The molecule has 8 heteroatoms. The van der Waals surface area contributed by atoms with E-state index in [4.69, 9.17) is 0 Å². The number of fused-ring (bicyclic) bond motifs is 1. The van der Waals surface area contributed by atoms with E-state index in [1.54, 1.807) is 17.5 Å². The first-order valence-corrected chi connectivity index (χ1v) is 11.1. The second-order valence-electron chi connectivity index (χ2n) is 8.12. The maximum Gasteiger partial charge on any atom is 0.293 e. The monoisotopic (exact) mass is 422 g/mol. The van der Waals surface area contributed by atoms with E-state index >= 15 is 0 Å². The summed E-state index contributed by atoms with van der Waals surface area (Å²) in [6.45, 7) is 8.62.